The van der Waals surface area contributed by atoms with Crippen molar-refractivity contribution in [1.29, 1.82) is 0 Å². The third kappa shape index (κ3) is 6.66. The first-order chi connectivity index (χ1) is 12.8. The van der Waals surface area contributed by atoms with Gasteiger partial charge in [-0.1, -0.05) is 24.3 Å². The highest BCUT2D eigenvalue weighted by Gasteiger charge is 2.08. The zero-order chi connectivity index (χ0) is 19.8. The summed E-state index contributed by atoms with van der Waals surface area (Å²) in [5.41, 5.74) is 8.09. The second-order valence-corrected chi connectivity index (χ2v) is 5.98. The molecule has 27 heavy (non-hydrogen) atoms. The lowest BCUT2D eigenvalue weighted by Crippen LogP contribution is -2.24. The van der Waals surface area contributed by atoms with Gasteiger partial charge in [0.25, 0.3) is 0 Å². The molecule has 0 bridgehead atoms. The van der Waals surface area contributed by atoms with E-state index in [0.717, 1.165) is 11.1 Å². The summed E-state index contributed by atoms with van der Waals surface area (Å²) in [7, 11) is 0. The molecule has 7 nitrogen and oxygen atoms in total. The SMILES string of the molecule is CC(=O)Nc1ccc(/C=C/C(=O)NC(C)c2ccc(NC(N)=O)cc2)cc1. The second kappa shape index (κ2) is 9.19. The minimum absolute atomic E-state index is 0.134. The van der Waals surface area contributed by atoms with Gasteiger partial charge in [0.2, 0.25) is 11.8 Å². The van der Waals surface area contributed by atoms with Gasteiger partial charge < -0.3 is 21.7 Å². The first-order valence-electron chi connectivity index (χ1n) is 8.36. The summed E-state index contributed by atoms with van der Waals surface area (Å²) in [6.45, 7) is 3.31. The van der Waals surface area contributed by atoms with E-state index in [1.54, 1.807) is 42.5 Å². The predicted octanol–water partition coefficient (Wildman–Crippen LogP) is 3.03. The Morgan fingerprint density at radius 3 is 2.04 bits per heavy atom. The van der Waals surface area contributed by atoms with Gasteiger partial charge in [-0.05, 0) is 48.4 Å². The second-order valence-electron chi connectivity index (χ2n) is 5.98. The highest BCUT2D eigenvalue weighted by atomic mass is 16.2. The number of nitrogens with two attached hydrogens (primary N) is 1. The molecule has 0 spiro atoms. The van der Waals surface area contributed by atoms with Crippen LogP contribution in [-0.2, 0) is 9.59 Å². The Balaban J connectivity index is 1.91. The molecule has 1 unspecified atom stereocenters. The van der Waals surface area contributed by atoms with Gasteiger partial charge >= 0.3 is 6.03 Å². The maximum absolute atomic E-state index is 12.1. The van der Waals surface area contributed by atoms with E-state index < -0.39 is 6.03 Å². The minimum Gasteiger partial charge on any atom is -0.351 e. The first-order valence-corrected chi connectivity index (χ1v) is 8.36. The number of carbonyl (C=O) groups excluding carboxylic acids is 3. The van der Waals surface area contributed by atoms with E-state index in [1.807, 2.05) is 19.1 Å². The summed E-state index contributed by atoms with van der Waals surface area (Å²) in [5.74, 6) is -0.363. The third-order valence-corrected chi connectivity index (χ3v) is 3.70. The lowest BCUT2D eigenvalue weighted by Gasteiger charge is -2.13. The molecule has 0 aliphatic heterocycles. The van der Waals surface area contributed by atoms with Crippen LogP contribution >= 0.6 is 0 Å². The molecule has 2 aromatic carbocycles. The first kappa shape index (κ1) is 19.7. The van der Waals surface area contributed by atoms with E-state index in [-0.39, 0.29) is 17.9 Å². The van der Waals surface area contributed by atoms with E-state index in [4.69, 9.17) is 5.73 Å². The Kier molecular flexibility index (Phi) is 6.71. The van der Waals surface area contributed by atoms with Crippen molar-refractivity contribution in [1.82, 2.24) is 5.32 Å². The van der Waals surface area contributed by atoms with Crippen LogP contribution in [0, 0.1) is 0 Å². The number of hydrogen-bond donors (Lipinski definition) is 4. The fraction of sp³-hybridized carbons (Fsp3) is 0.150. The molecule has 2 rings (SSSR count). The van der Waals surface area contributed by atoms with E-state index >= 15 is 0 Å². The lowest BCUT2D eigenvalue weighted by molar-refractivity contribution is -0.117. The zero-order valence-corrected chi connectivity index (χ0v) is 15.2. The van der Waals surface area contributed by atoms with Gasteiger partial charge in [-0.2, -0.15) is 0 Å². The van der Waals surface area contributed by atoms with Gasteiger partial charge in [-0.15, -0.1) is 0 Å². The molecule has 7 heteroatoms. The number of hydrogen-bond acceptors (Lipinski definition) is 3. The quantitative estimate of drug-likeness (QED) is 0.589. The summed E-state index contributed by atoms with van der Waals surface area (Å²) in [6, 6.07) is 13.4. The molecule has 0 saturated heterocycles. The van der Waals surface area contributed by atoms with Crippen molar-refractivity contribution < 1.29 is 14.4 Å². The van der Waals surface area contributed by atoms with Crippen LogP contribution in [-0.4, -0.2) is 17.8 Å². The number of carbonyl (C=O) groups is 3. The molecule has 0 heterocycles. The Labute approximate surface area is 157 Å². The Bertz CT molecular complexity index is 843. The Morgan fingerprint density at radius 2 is 1.48 bits per heavy atom. The standard InChI is InChI=1S/C20H22N4O3/c1-13(16-6-10-18(11-7-16)24-20(21)27)22-19(26)12-5-15-3-8-17(9-4-15)23-14(2)25/h3-13H,1-2H3,(H,22,26)(H,23,25)(H3,21,24,27)/b12-5+. The maximum Gasteiger partial charge on any atom is 0.316 e. The smallest absolute Gasteiger partial charge is 0.316 e. The molecule has 4 amide bonds. The molecule has 0 saturated carbocycles. The summed E-state index contributed by atoms with van der Waals surface area (Å²) in [4.78, 5) is 33.9. The van der Waals surface area contributed by atoms with Crippen molar-refractivity contribution in [2.75, 3.05) is 10.6 Å². The number of urea groups is 1. The van der Waals surface area contributed by atoms with Gasteiger partial charge in [0.05, 0.1) is 6.04 Å². The van der Waals surface area contributed by atoms with Crippen LogP contribution in [0.3, 0.4) is 0 Å². The average molecular weight is 366 g/mol. The van der Waals surface area contributed by atoms with Crippen molar-refractivity contribution in [2.24, 2.45) is 5.73 Å². The molecule has 0 aliphatic carbocycles. The topological polar surface area (TPSA) is 113 Å². The van der Waals surface area contributed by atoms with Crippen LogP contribution in [0.5, 0.6) is 0 Å². The monoisotopic (exact) mass is 366 g/mol. The van der Waals surface area contributed by atoms with Crippen LogP contribution in [0.25, 0.3) is 6.08 Å². The number of amides is 4. The van der Waals surface area contributed by atoms with E-state index in [1.165, 1.54) is 13.0 Å². The van der Waals surface area contributed by atoms with Crippen molar-refractivity contribution in [2.45, 2.75) is 19.9 Å². The fourth-order valence-corrected chi connectivity index (χ4v) is 2.39. The average Bonchev–Trinajstić information content (AvgIpc) is 2.60. The summed E-state index contributed by atoms with van der Waals surface area (Å²) >= 11 is 0. The Hall–Kier alpha value is -3.61. The van der Waals surface area contributed by atoms with E-state index in [9.17, 15) is 14.4 Å². The highest BCUT2D eigenvalue weighted by Crippen LogP contribution is 2.16. The molecule has 140 valence electrons. The van der Waals surface area contributed by atoms with Crippen LogP contribution in [0.2, 0.25) is 0 Å². The molecular formula is C20H22N4O3. The zero-order valence-electron chi connectivity index (χ0n) is 15.2. The number of nitrogens with one attached hydrogen (secondary N) is 3. The predicted molar refractivity (Wildman–Crippen MR) is 106 cm³/mol. The fourth-order valence-electron chi connectivity index (χ4n) is 2.39. The number of anilines is 2. The maximum atomic E-state index is 12.1. The summed E-state index contributed by atoms with van der Waals surface area (Å²) in [6.07, 6.45) is 3.15. The highest BCUT2D eigenvalue weighted by molar-refractivity contribution is 5.92. The summed E-state index contributed by atoms with van der Waals surface area (Å²) in [5, 5.41) is 8.03. The van der Waals surface area contributed by atoms with Crippen LogP contribution in [0.15, 0.2) is 54.6 Å². The van der Waals surface area contributed by atoms with Gasteiger partial charge in [-0.3, -0.25) is 9.59 Å². The van der Waals surface area contributed by atoms with Crippen LogP contribution < -0.4 is 21.7 Å². The third-order valence-electron chi connectivity index (χ3n) is 3.70. The molecule has 0 radical (unpaired) electrons. The van der Waals surface area contributed by atoms with Crippen molar-refractivity contribution in [3.05, 3.63) is 65.7 Å². The van der Waals surface area contributed by atoms with E-state index in [0.29, 0.717) is 11.4 Å². The molecule has 2 aromatic rings. The van der Waals surface area contributed by atoms with Crippen LogP contribution in [0.1, 0.15) is 31.0 Å². The van der Waals surface area contributed by atoms with Gasteiger partial charge in [0.1, 0.15) is 0 Å². The largest absolute Gasteiger partial charge is 0.351 e. The number of rotatable bonds is 6. The molecular weight excluding hydrogens is 344 g/mol. The van der Waals surface area contributed by atoms with E-state index in [2.05, 4.69) is 16.0 Å². The van der Waals surface area contributed by atoms with Crippen LogP contribution in [0.4, 0.5) is 16.2 Å². The Morgan fingerprint density at radius 1 is 0.926 bits per heavy atom. The molecule has 0 aromatic heterocycles. The van der Waals surface area contributed by atoms with Crippen molar-refractivity contribution in [3.63, 3.8) is 0 Å². The molecule has 0 aliphatic rings. The molecule has 1 atom stereocenters. The van der Waals surface area contributed by atoms with Gasteiger partial charge in [0.15, 0.2) is 0 Å². The lowest BCUT2D eigenvalue weighted by atomic mass is 10.1. The van der Waals surface area contributed by atoms with Crippen molar-refractivity contribution in [3.8, 4) is 0 Å². The number of primary amides is 1. The number of benzene rings is 2. The summed E-state index contributed by atoms with van der Waals surface area (Å²) < 4.78 is 0. The minimum atomic E-state index is -0.626. The molecule has 0 fully saturated rings. The van der Waals surface area contributed by atoms with Crippen molar-refractivity contribution >= 4 is 35.3 Å². The normalized spacial score (nSPS) is 11.6. The molecule has 5 N–H and O–H groups in total. The van der Waals surface area contributed by atoms with Gasteiger partial charge in [0, 0.05) is 24.4 Å². The van der Waals surface area contributed by atoms with Gasteiger partial charge in [-0.25, -0.2) is 4.79 Å².